The van der Waals surface area contributed by atoms with Crippen molar-refractivity contribution in [3.63, 3.8) is 0 Å². The second-order valence-electron chi connectivity index (χ2n) is 7.73. The van der Waals surface area contributed by atoms with Crippen LogP contribution in [0.15, 0.2) is 96.0 Å². The molecule has 0 aliphatic heterocycles. The van der Waals surface area contributed by atoms with E-state index in [1.165, 1.54) is 6.07 Å². The van der Waals surface area contributed by atoms with Crippen molar-refractivity contribution in [3.8, 4) is 0 Å². The van der Waals surface area contributed by atoms with Crippen molar-refractivity contribution in [2.24, 2.45) is 0 Å². The van der Waals surface area contributed by atoms with E-state index in [9.17, 15) is 13.2 Å². The highest BCUT2D eigenvalue weighted by atomic mass is 32.2. The third kappa shape index (κ3) is 5.45. The molecule has 2 N–H and O–H groups in total. The Kier molecular flexibility index (Phi) is 6.82. The molecule has 1 heterocycles. The number of hydrogen-bond acceptors (Lipinski definition) is 4. The molecule has 0 aliphatic carbocycles. The molecule has 4 aromatic rings. The molecule has 7 heteroatoms. The maximum Gasteiger partial charge on any atom is 0.243 e. The van der Waals surface area contributed by atoms with Crippen LogP contribution >= 0.6 is 0 Å². The molecule has 33 heavy (non-hydrogen) atoms. The highest BCUT2D eigenvalue weighted by Gasteiger charge is 2.27. The van der Waals surface area contributed by atoms with Crippen LogP contribution < -0.4 is 10.0 Å². The van der Waals surface area contributed by atoms with Crippen LogP contribution in [0.3, 0.4) is 0 Å². The quantitative estimate of drug-likeness (QED) is 0.411. The monoisotopic (exact) mass is 459 g/mol. The lowest BCUT2D eigenvalue weighted by molar-refractivity contribution is -0.117. The number of hydrogen-bond donors (Lipinski definition) is 2. The minimum atomic E-state index is -4.03. The van der Waals surface area contributed by atoms with Gasteiger partial charge in [-0.15, -0.1) is 0 Å². The maximum absolute atomic E-state index is 13.4. The average Bonchev–Trinajstić information content (AvgIpc) is 2.84. The first-order valence-electron chi connectivity index (χ1n) is 10.8. The van der Waals surface area contributed by atoms with E-state index in [0.717, 1.165) is 17.5 Å². The van der Waals surface area contributed by atoms with E-state index in [2.05, 4.69) is 21.9 Å². The van der Waals surface area contributed by atoms with E-state index >= 15 is 0 Å². The number of aryl methyl sites for hydroxylation is 1. The van der Waals surface area contributed by atoms with Gasteiger partial charge in [0.25, 0.3) is 0 Å². The van der Waals surface area contributed by atoms with E-state index < -0.39 is 22.0 Å². The molecule has 0 bridgehead atoms. The number of fused-ring (bicyclic) bond motifs is 1. The SMILES string of the molecule is CCc1ccc(NC(=O)C(Cc2ccccc2)NS(=O)(=O)c2cccc3cccnc23)cc1. The van der Waals surface area contributed by atoms with Crippen LogP contribution in [0.2, 0.25) is 0 Å². The smallest absolute Gasteiger partial charge is 0.243 e. The molecule has 1 atom stereocenters. The summed E-state index contributed by atoms with van der Waals surface area (Å²) in [7, 11) is -4.03. The molecule has 168 valence electrons. The summed E-state index contributed by atoms with van der Waals surface area (Å²) in [6, 6.07) is 24.3. The molecule has 0 radical (unpaired) electrons. The summed E-state index contributed by atoms with van der Waals surface area (Å²) in [5.74, 6) is -0.431. The number of sulfonamides is 1. The van der Waals surface area contributed by atoms with E-state index in [4.69, 9.17) is 0 Å². The fraction of sp³-hybridized carbons (Fsp3) is 0.154. The van der Waals surface area contributed by atoms with Crippen molar-refractivity contribution >= 4 is 32.5 Å². The number of nitrogens with one attached hydrogen (secondary N) is 2. The van der Waals surface area contributed by atoms with Crippen molar-refractivity contribution in [1.29, 1.82) is 0 Å². The van der Waals surface area contributed by atoms with Crippen LogP contribution in [0.5, 0.6) is 0 Å². The Morgan fingerprint density at radius 1 is 0.879 bits per heavy atom. The molecule has 1 amide bonds. The number of carbonyl (C=O) groups excluding carboxylic acids is 1. The van der Waals surface area contributed by atoms with Crippen molar-refractivity contribution < 1.29 is 13.2 Å². The third-order valence-corrected chi connectivity index (χ3v) is 6.91. The fourth-order valence-electron chi connectivity index (χ4n) is 3.63. The van der Waals surface area contributed by atoms with Crippen LogP contribution in [-0.2, 0) is 27.7 Å². The zero-order valence-corrected chi connectivity index (χ0v) is 19.0. The molecule has 0 aliphatic rings. The number of amides is 1. The normalized spacial score (nSPS) is 12.4. The molecular formula is C26H25N3O3S. The van der Waals surface area contributed by atoms with Gasteiger partial charge in [0, 0.05) is 17.3 Å². The minimum Gasteiger partial charge on any atom is -0.325 e. The van der Waals surface area contributed by atoms with Crippen LogP contribution in [0, 0.1) is 0 Å². The minimum absolute atomic E-state index is 0.0405. The summed E-state index contributed by atoms with van der Waals surface area (Å²) in [4.78, 5) is 17.5. The van der Waals surface area contributed by atoms with Gasteiger partial charge in [-0.05, 0) is 48.2 Å². The Morgan fingerprint density at radius 2 is 1.61 bits per heavy atom. The summed E-state index contributed by atoms with van der Waals surface area (Å²) in [6.45, 7) is 2.06. The summed E-state index contributed by atoms with van der Waals surface area (Å²) in [6.07, 6.45) is 2.65. The van der Waals surface area contributed by atoms with Crippen molar-refractivity contribution in [2.45, 2.75) is 30.7 Å². The molecule has 4 rings (SSSR count). The Bertz CT molecular complexity index is 1350. The van der Waals surface area contributed by atoms with Gasteiger partial charge >= 0.3 is 0 Å². The van der Waals surface area contributed by atoms with Gasteiger partial charge in [-0.25, -0.2) is 8.42 Å². The Morgan fingerprint density at radius 3 is 2.33 bits per heavy atom. The van der Waals surface area contributed by atoms with Crippen molar-refractivity contribution in [3.05, 3.63) is 102 Å². The molecule has 1 unspecified atom stereocenters. The lowest BCUT2D eigenvalue weighted by Gasteiger charge is -2.19. The number of aromatic nitrogens is 1. The predicted molar refractivity (Wildman–Crippen MR) is 130 cm³/mol. The van der Waals surface area contributed by atoms with E-state index in [1.807, 2.05) is 54.6 Å². The van der Waals surface area contributed by atoms with Gasteiger partial charge in [-0.2, -0.15) is 4.72 Å². The highest BCUT2D eigenvalue weighted by Crippen LogP contribution is 2.21. The molecule has 0 saturated carbocycles. The number of rotatable bonds is 8. The van der Waals surface area contributed by atoms with Crippen LogP contribution in [0.25, 0.3) is 10.9 Å². The van der Waals surface area contributed by atoms with Crippen molar-refractivity contribution in [1.82, 2.24) is 9.71 Å². The molecule has 3 aromatic carbocycles. The summed E-state index contributed by atoms with van der Waals surface area (Å²) < 4.78 is 29.3. The first-order chi connectivity index (χ1) is 16.0. The Balaban J connectivity index is 1.64. The zero-order chi connectivity index (χ0) is 23.3. The second kappa shape index (κ2) is 9.94. The Hall–Kier alpha value is -3.55. The summed E-state index contributed by atoms with van der Waals surface area (Å²) in [5.41, 5.74) is 2.97. The third-order valence-electron chi connectivity index (χ3n) is 5.41. The van der Waals surface area contributed by atoms with Gasteiger partial charge < -0.3 is 5.32 Å². The second-order valence-corrected chi connectivity index (χ2v) is 9.42. The standard InChI is InChI=1S/C26H25N3O3S/c1-2-19-13-15-22(16-14-19)28-26(30)23(18-20-8-4-3-5-9-20)29-33(31,32)24-12-6-10-21-11-7-17-27-25(21)24/h3-17,23,29H,2,18H2,1H3,(H,28,30). The number of para-hydroxylation sites is 1. The number of benzene rings is 3. The van der Waals surface area contributed by atoms with Gasteiger partial charge in [-0.3, -0.25) is 9.78 Å². The molecule has 1 aromatic heterocycles. The van der Waals surface area contributed by atoms with Crippen LogP contribution in [0.1, 0.15) is 18.1 Å². The highest BCUT2D eigenvalue weighted by molar-refractivity contribution is 7.89. The Labute approximate surface area is 193 Å². The number of pyridine rings is 1. The molecular weight excluding hydrogens is 434 g/mol. The number of nitrogens with zero attached hydrogens (tertiary/aromatic N) is 1. The fourth-order valence-corrected chi connectivity index (χ4v) is 5.01. The lowest BCUT2D eigenvalue weighted by Crippen LogP contribution is -2.45. The van der Waals surface area contributed by atoms with E-state index in [-0.39, 0.29) is 11.3 Å². The topological polar surface area (TPSA) is 88.2 Å². The van der Waals surface area contributed by atoms with Gasteiger partial charge in [-0.1, -0.05) is 67.6 Å². The van der Waals surface area contributed by atoms with Crippen LogP contribution in [-0.4, -0.2) is 25.4 Å². The summed E-state index contributed by atoms with van der Waals surface area (Å²) >= 11 is 0. The van der Waals surface area contributed by atoms with Gasteiger partial charge in [0.15, 0.2) is 0 Å². The average molecular weight is 460 g/mol. The number of carbonyl (C=O) groups is 1. The van der Waals surface area contributed by atoms with Gasteiger partial charge in [0.1, 0.15) is 10.9 Å². The van der Waals surface area contributed by atoms with Crippen LogP contribution in [0.4, 0.5) is 5.69 Å². The molecule has 6 nitrogen and oxygen atoms in total. The van der Waals surface area contributed by atoms with Crippen molar-refractivity contribution in [2.75, 3.05) is 5.32 Å². The lowest BCUT2D eigenvalue weighted by atomic mass is 10.1. The first kappa shape index (κ1) is 22.6. The van der Waals surface area contributed by atoms with Gasteiger partial charge in [0.2, 0.25) is 15.9 Å². The molecule has 0 fully saturated rings. The zero-order valence-electron chi connectivity index (χ0n) is 18.2. The predicted octanol–water partition coefficient (Wildman–Crippen LogP) is 4.33. The van der Waals surface area contributed by atoms with Gasteiger partial charge in [0.05, 0.1) is 5.52 Å². The van der Waals surface area contributed by atoms with E-state index in [1.54, 1.807) is 30.5 Å². The number of anilines is 1. The largest absolute Gasteiger partial charge is 0.325 e. The molecule has 0 saturated heterocycles. The first-order valence-corrected chi connectivity index (χ1v) is 12.2. The maximum atomic E-state index is 13.4. The van der Waals surface area contributed by atoms with E-state index in [0.29, 0.717) is 16.6 Å². The summed E-state index contributed by atoms with van der Waals surface area (Å²) in [5, 5.41) is 3.55. The molecule has 0 spiro atoms.